The van der Waals surface area contributed by atoms with Crippen LogP contribution >= 0.6 is 0 Å². The zero-order valence-corrected chi connectivity index (χ0v) is 15.3. The summed E-state index contributed by atoms with van der Waals surface area (Å²) in [6.07, 6.45) is 4.00. The minimum atomic E-state index is -0.424. The molecule has 6 heteroatoms. The van der Waals surface area contributed by atoms with Gasteiger partial charge in [-0.05, 0) is 30.9 Å². The molecule has 3 rings (SSSR count). The molecule has 2 aromatic carbocycles. The lowest BCUT2D eigenvalue weighted by Crippen LogP contribution is -2.29. The van der Waals surface area contributed by atoms with E-state index < -0.39 is 5.91 Å². The number of benzene rings is 2. The fourth-order valence-electron chi connectivity index (χ4n) is 2.86. The molecule has 1 N–H and O–H groups in total. The molecule has 27 heavy (non-hydrogen) atoms. The fourth-order valence-corrected chi connectivity index (χ4v) is 2.86. The van der Waals surface area contributed by atoms with Crippen LogP contribution in [0.25, 0.3) is 10.8 Å². The molecule has 6 nitrogen and oxygen atoms in total. The van der Waals surface area contributed by atoms with E-state index in [2.05, 4.69) is 27.8 Å². The van der Waals surface area contributed by atoms with Gasteiger partial charge in [0.25, 0.3) is 11.5 Å². The first-order valence-electron chi connectivity index (χ1n) is 9.06. The van der Waals surface area contributed by atoms with Crippen molar-refractivity contribution in [1.82, 2.24) is 15.2 Å². The number of carbonyl (C=O) groups is 1. The summed E-state index contributed by atoms with van der Waals surface area (Å²) >= 11 is 0. The van der Waals surface area contributed by atoms with Crippen LogP contribution in [0.1, 0.15) is 35.8 Å². The Labute approximate surface area is 157 Å². The number of hydrogen-bond donors (Lipinski definition) is 1. The summed E-state index contributed by atoms with van der Waals surface area (Å²) in [5.74, 6) is -0.424. The number of amides is 1. The molecule has 138 valence electrons. The number of carbonyl (C=O) groups excluding carboxylic acids is 1. The highest BCUT2D eigenvalue weighted by Crippen LogP contribution is 2.13. The molecule has 0 spiro atoms. The highest BCUT2D eigenvalue weighted by atomic mass is 16.2. The average Bonchev–Trinajstić information content (AvgIpc) is 2.70. The monoisotopic (exact) mass is 362 g/mol. The van der Waals surface area contributed by atoms with E-state index >= 15 is 0 Å². The van der Waals surface area contributed by atoms with Crippen LogP contribution in [-0.2, 0) is 13.0 Å². The number of rotatable bonds is 7. The Hall–Kier alpha value is -3.28. The van der Waals surface area contributed by atoms with E-state index in [1.54, 1.807) is 30.5 Å². The summed E-state index contributed by atoms with van der Waals surface area (Å²) in [6, 6.07) is 17.1. The van der Waals surface area contributed by atoms with E-state index in [1.807, 2.05) is 25.1 Å². The highest BCUT2D eigenvalue weighted by molar-refractivity contribution is 6.04. The second kappa shape index (κ2) is 8.89. The van der Waals surface area contributed by atoms with Crippen molar-refractivity contribution in [2.45, 2.75) is 32.7 Å². The molecule has 0 aliphatic rings. The summed E-state index contributed by atoms with van der Waals surface area (Å²) in [4.78, 5) is 25.0. The lowest BCUT2D eigenvalue weighted by Gasteiger charge is -2.09. The second-order valence-corrected chi connectivity index (χ2v) is 6.20. The normalized spacial score (nSPS) is 11.1. The molecule has 0 radical (unpaired) electrons. The van der Waals surface area contributed by atoms with Crippen LogP contribution in [0, 0.1) is 0 Å². The van der Waals surface area contributed by atoms with Gasteiger partial charge in [-0.2, -0.15) is 10.2 Å². The third-order valence-electron chi connectivity index (χ3n) is 4.18. The number of nitrogens with one attached hydrogen (secondary N) is 1. The zero-order chi connectivity index (χ0) is 19.1. The van der Waals surface area contributed by atoms with Gasteiger partial charge in [-0.15, -0.1) is 0 Å². The van der Waals surface area contributed by atoms with Crippen molar-refractivity contribution < 1.29 is 4.79 Å². The number of fused-ring (bicyclic) bond motifs is 1. The average molecular weight is 362 g/mol. The van der Waals surface area contributed by atoms with Crippen LogP contribution in [0.3, 0.4) is 0 Å². The maximum Gasteiger partial charge on any atom is 0.292 e. The van der Waals surface area contributed by atoms with Crippen LogP contribution in [0.4, 0.5) is 0 Å². The molecule has 1 aromatic heterocycles. The summed E-state index contributed by atoms with van der Waals surface area (Å²) in [5, 5.41) is 9.29. The van der Waals surface area contributed by atoms with Crippen molar-refractivity contribution >= 4 is 22.9 Å². The number of aryl methyl sites for hydroxylation is 2. The number of hydrogen-bond acceptors (Lipinski definition) is 4. The Bertz CT molecular complexity index is 1010. The lowest BCUT2D eigenvalue weighted by atomic mass is 10.1. The topological polar surface area (TPSA) is 76.3 Å². The predicted octanol–water partition coefficient (Wildman–Crippen LogP) is 3.15. The highest BCUT2D eigenvalue weighted by Gasteiger charge is 2.15. The quantitative estimate of drug-likeness (QED) is 0.518. The Kier molecular flexibility index (Phi) is 6.10. The van der Waals surface area contributed by atoms with Crippen molar-refractivity contribution in [2.24, 2.45) is 5.10 Å². The predicted molar refractivity (Wildman–Crippen MR) is 107 cm³/mol. The van der Waals surface area contributed by atoms with E-state index in [9.17, 15) is 9.59 Å². The Morgan fingerprint density at radius 3 is 2.56 bits per heavy atom. The number of hydrazone groups is 1. The smallest absolute Gasteiger partial charge is 0.267 e. The summed E-state index contributed by atoms with van der Waals surface area (Å²) < 4.78 is 1.34. The molecular weight excluding hydrogens is 340 g/mol. The Morgan fingerprint density at radius 2 is 1.81 bits per heavy atom. The molecule has 0 saturated carbocycles. The van der Waals surface area contributed by atoms with Gasteiger partial charge in [0.2, 0.25) is 0 Å². The van der Waals surface area contributed by atoms with Gasteiger partial charge >= 0.3 is 0 Å². The van der Waals surface area contributed by atoms with E-state index in [0.29, 0.717) is 23.7 Å². The first-order chi connectivity index (χ1) is 13.2. The van der Waals surface area contributed by atoms with Gasteiger partial charge in [-0.25, -0.2) is 10.1 Å². The zero-order valence-electron chi connectivity index (χ0n) is 15.3. The molecule has 0 bridgehead atoms. The third kappa shape index (κ3) is 4.47. The fraction of sp³-hybridized carbons (Fsp3) is 0.238. The van der Waals surface area contributed by atoms with E-state index in [0.717, 1.165) is 12.8 Å². The van der Waals surface area contributed by atoms with Crippen LogP contribution in [0.15, 0.2) is 64.5 Å². The largest absolute Gasteiger partial charge is 0.292 e. The van der Waals surface area contributed by atoms with Crippen molar-refractivity contribution in [3.63, 3.8) is 0 Å². The van der Waals surface area contributed by atoms with Gasteiger partial charge in [0.15, 0.2) is 5.69 Å². The lowest BCUT2D eigenvalue weighted by molar-refractivity contribution is 0.0949. The molecule has 0 saturated heterocycles. The SMILES string of the molecule is CCCn1nc(C(=O)N/N=C\CCc2ccccc2)c2ccccc2c1=O. The Morgan fingerprint density at radius 1 is 1.11 bits per heavy atom. The van der Waals surface area contributed by atoms with Gasteiger partial charge in [-0.3, -0.25) is 9.59 Å². The standard InChI is InChI=1S/C21H22N4O2/c1-2-15-25-21(27)18-13-7-6-12-17(18)19(24-25)20(26)23-22-14-8-11-16-9-4-3-5-10-16/h3-7,9-10,12-14H,2,8,11,15H2,1H3,(H,23,26)/b22-14-. The Balaban J connectivity index is 1.74. The van der Waals surface area contributed by atoms with Crippen molar-refractivity contribution in [3.8, 4) is 0 Å². The minimum Gasteiger partial charge on any atom is -0.267 e. The van der Waals surface area contributed by atoms with Crippen molar-refractivity contribution in [3.05, 3.63) is 76.2 Å². The molecule has 3 aromatic rings. The molecule has 0 fully saturated rings. The maximum atomic E-state index is 12.6. The molecule has 0 aliphatic carbocycles. The van der Waals surface area contributed by atoms with Crippen molar-refractivity contribution in [1.29, 1.82) is 0 Å². The molecular formula is C21H22N4O2. The first-order valence-corrected chi connectivity index (χ1v) is 9.06. The van der Waals surface area contributed by atoms with Crippen LogP contribution in [0.2, 0.25) is 0 Å². The summed E-state index contributed by atoms with van der Waals surface area (Å²) in [5.41, 5.74) is 3.76. The molecule has 0 aliphatic heterocycles. The second-order valence-electron chi connectivity index (χ2n) is 6.20. The summed E-state index contributed by atoms with van der Waals surface area (Å²) in [6.45, 7) is 2.42. The van der Waals surface area contributed by atoms with Gasteiger partial charge in [0, 0.05) is 18.1 Å². The third-order valence-corrected chi connectivity index (χ3v) is 4.18. The van der Waals surface area contributed by atoms with E-state index in [1.165, 1.54) is 10.2 Å². The van der Waals surface area contributed by atoms with Crippen LogP contribution < -0.4 is 11.0 Å². The first kappa shape index (κ1) is 18.5. The van der Waals surface area contributed by atoms with Gasteiger partial charge in [0.1, 0.15) is 0 Å². The van der Waals surface area contributed by atoms with Gasteiger partial charge in [-0.1, -0.05) is 55.5 Å². The van der Waals surface area contributed by atoms with E-state index in [-0.39, 0.29) is 11.3 Å². The van der Waals surface area contributed by atoms with Crippen LogP contribution in [0.5, 0.6) is 0 Å². The molecule has 0 atom stereocenters. The molecule has 0 unspecified atom stereocenters. The number of aromatic nitrogens is 2. The molecule has 1 heterocycles. The summed E-state index contributed by atoms with van der Waals surface area (Å²) in [7, 11) is 0. The van der Waals surface area contributed by atoms with Crippen LogP contribution in [-0.4, -0.2) is 21.9 Å². The number of nitrogens with zero attached hydrogens (tertiary/aromatic N) is 3. The van der Waals surface area contributed by atoms with Gasteiger partial charge < -0.3 is 0 Å². The maximum absolute atomic E-state index is 12.6. The minimum absolute atomic E-state index is 0.185. The van der Waals surface area contributed by atoms with E-state index in [4.69, 9.17) is 0 Å². The molecule has 1 amide bonds. The van der Waals surface area contributed by atoms with Gasteiger partial charge in [0.05, 0.1) is 5.39 Å². The van der Waals surface area contributed by atoms with Crippen molar-refractivity contribution in [2.75, 3.05) is 0 Å².